The third kappa shape index (κ3) is 2.16. The highest BCUT2D eigenvalue weighted by Gasteiger charge is 2.01. The number of nitro groups is 1. The zero-order valence-corrected chi connectivity index (χ0v) is 6.80. The lowest BCUT2D eigenvalue weighted by Gasteiger charge is -1.86. The van der Waals surface area contributed by atoms with Gasteiger partial charge in [-0.25, -0.2) is 0 Å². The van der Waals surface area contributed by atoms with E-state index in [9.17, 15) is 10.1 Å². The van der Waals surface area contributed by atoms with Gasteiger partial charge < -0.3 is 0 Å². The lowest BCUT2D eigenvalue weighted by atomic mass is 10.4. The highest BCUT2D eigenvalue weighted by Crippen LogP contribution is 2.12. The third-order valence-corrected chi connectivity index (χ3v) is 2.00. The normalized spacial score (nSPS) is 11.5. The average Bonchev–Trinajstić information content (AvgIpc) is 2.39. The maximum Gasteiger partial charge on any atom is 0.244 e. The average molecular weight is 169 g/mol. The molecule has 0 saturated heterocycles. The summed E-state index contributed by atoms with van der Waals surface area (Å²) in [5.74, 6) is 0. The molecule has 3 nitrogen and oxygen atoms in total. The molecule has 0 saturated carbocycles. The second kappa shape index (κ2) is 3.30. The highest BCUT2D eigenvalue weighted by molar-refractivity contribution is 7.10. The summed E-state index contributed by atoms with van der Waals surface area (Å²) in [5, 5.41) is 12.1. The van der Waals surface area contributed by atoms with Crippen molar-refractivity contribution in [2.75, 3.05) is 0 Å². The molecule has 0 aliphatic heterocycles. The van der Waals surface area contributed by atoms with Crippen LogP contribution in [0.3, 0.4) is 0 Å². The van der Waals surface area contributed by atoms with Crippen LogP contribution in [0, 0.1) is 10.1 Å². The number of nitrogens with zero attached hydrogens (tertiary/aromatic N) is 1. The van der Waals surface area contributed by atoms with Gasteiger partial charge in [0, 0.05) is 17.9 Å². The minimum absolute atomic E-state index is 0.174. The van der Waals surface area contributed by atoms with Crippen LogP contribution >= 0.6 is 11.3 Å². The van der Waals surface area contributed by atoms with Crippen molar-refractivity contribution in [1.82, 2.24) is 0 Å². The molecule has 0 N–H and O–H groups in total. The first-order chi connectivity index (χ1) is 5.20. The van der Waals surface area contributed by atoms with Crippen molar-refractivity contribution in [3.05, 3.63) is 38.2 Å². The molecular formula is C7H7NO2S. The zero-order valence-electron chi connectivity index (χ0n) is 5.98. The Kier molecular flexibility index (Phi) is 2.38. The van der Waals surface area contributed by atoms with Crippen LogP contribution in [-0.4, -0.2) is 4.92 Å². The lowest BCUT2D eigenvalue weighted by molar-refractivity contribution is -0.422. The van der Waals surface area contributed by atoms with Crippen LogP contribution in [-0.2, 0) is 0 Å². The second-order valence-electron chi connectivity index (χ2n) is 2.06. The van der Waals surface area contributed by atoms with E-state index in [1.165, 1.54) is 18.3 Å². The molecule has 0 atom stereocenters. The van der Waals surface area contributed by atoms with E-state index >= 15 is 0 Å². The summed E-state index contributed by atoms with van der Waals surface area (Å²) in [6.45, 7) is 1.49. The Labute approximate surface area is 68.1 Å². The summed E-state index contributed by atoms with van der Waals surface area (Å²) >= 11 is 1.49. The van der Waals surface area contributed by atoms with Crippen LogP contribution < -0.4 is 0 Å². The predicted molar refractivity (Wildman–Crippen MR) is 45.0 cm³/mol. The van der Waals surface area contributed by atoms with E-state index in [0.717, 1.165) is 4.88 Å². The number of hydrogen-bond donors (Lipinski definition) is 0. The van der Waals surface area contributed by atoms with Crippen LogP contribution in [0.25, 0.3) is 6.08 Å². The first-order valence-corrected chi connectivity index (χ1v) is 3.94. The van der Waals surface area contributed by atoms with Gasteiger partial charge in [-0.3, -0.25) is 10.1 Å². The molecule has 58 valence electrons. The Bertz CT molecular complexity index is 277. The van der Waals surface area contributed by atoms with Gasteiger partial charge in [-0.2, -0.15) is 0 Å². The Morgan fingerprint density at radius 2 is 2.55 bits per heavy atom. The largest absolute Gasteiger partial charge is 0.259 e. The topological polar surface area (TPSA) is 43.1 Å². The fourth-order valence-electron chi connectivity index (χ4n) is 0.632. The standard InChI is InChI=1S/C7H7NO2S/c1-6(8(9)10)5-7-3-2-4-11-7/h2-5H,1H3/b6-5-. The van der Waals surface area contributed by atoms with Gasteiger partial charge in [-0.05, 0) is 11.4 Å². The fourth-order valence-corrected chi connectivity index (χ4v) is 1.34. The van der Waals surface area contributed by atoms with E-state index in [1.807, 2.05) is 17.5 Å². The monoisotopic (exact) mass is 169 g/mol. The van der Waals surface area contributed by atoms with E-state index in [2.05, 4.69) is 0 Å². The molecular weight excluding hydrogens is 162 g/mol. The Morgan fingerprint density at radius 3 is 3.00 bits per heavy atom. The van der Waals surface area contributed by atoms with Gasteiger partial charge in [0.15, 0.2) is 0 Å². The molecule has 0 aromatic carbocycles. The number of hydrogen-bond acceptors (Lipinski definition) is 3. The van der Waals surface area contributed by atoms with Crippen molar-refractivity contribution in [2.24, 2.45) is 0 Å². The zero-order chi connectivity index (χ0) is 8.27. The molecule has 0 amide bonds. The number of allylic oxidation sites excluding steroid dienone is 1. The molecule has 1 aromatic rings. The summed E-state index contributed by atoms with van der Waals surface area (Å²) in [6, 6.07) is 3.71. The van der Waals surface area contributed by atoms with Gasteiger partial charge in [0.2, 0.25) is 5.70 Å². The maximum absolute atomic E-state index is 10.2. The molecule has 4 heteroatoms. The molecule has 0 unspecified atom stereocenters. The first kappa shape index (κ1) is 7.94. The molecule has 0 spiro atoms. The van der Waals surface area contributed by atoms with Crippen LogP contribution in [0.4, 0.5) is 0 Å². The summed E-state index contributed by atoms with van der Waals surface area (Å²) in [7, 11) is 0. The SMILES string of the molecule is C/C(=C/c1cccs1)[N+](=O)[O-]. The molecule has 0 aliphatic rings. The van der Waals surface area contributed by atoms with Crippen LogP contribution in [0.1, 0.15) is 11.8 Å². The van der Waals surface area contributed by atoms with Gasteiger partial charge >= 0.3 is 0 Å². The predicted octanol–water partition coefficient (Wildman–Crippen LogP) is 2.39. The van der Waals surface area contributed by atoms with Crippen molar-refractivity contribution in [3.8, 4) is 0 Å². The van der Waals surface area contributed by atoms with Crippen molar-refractivity contribution in [1.29, 1.82) is 0 Å². The Hall–Kier alpha value is -1.16. The van der Waals surface area contributed by atoms with E-state index in [-0.39, 0.29) is 10.6 Å². The molecule has 0 bridgehead atoms. The minimum atomic E-state index is -0.389. The lowest BCUT2D eigenvalue weighted by Crippen LogP contribution is -1.91. The molecule has 1 aromatic heterocycles. The smallest absolute Gasteiger partial charge is 0.244 e. The van der Waals surface area contributed by atoms with Crippen molar-refractivity contribution in [2.45, 2.75) is 6.92 Å². The van der Waals surface area contributed by atoms with Crippen molar-refractivity contribution >= 4 is 17.4 Å². The molecule has 1 heterocycles. The van der Waals surface area contributed by atoms with Gasteiger partial charge in [0.1, 0.15) is 0 Å². The first-order valence-electron chi connectivity index (χ1n) is 3.06. The van der Waals surface area contributed by atoms with E-state index in [0.29, 0.717) is 0 Å². The number of rotatable bonds is 2. The Morgan fingerprint density at radius 1 is 1.82 bits per heavy atom. The van der Waals surface area contributed by atoms with Gasteiger partial charge in [0.25, 0.3) is 0 Å². The third-order valence-electron chi connectivity index (χ3n) is 1.18. The summed E-state index contributed by atoms with van der Waals surface area (Å²) < 4.78 is 0. The van der Waals surface area contributed by atoms with Crippen LogP contribution in [0.15, 0.2) is 23.2 Å². The molecule has 0 aliphatic carbocycles. The van der Waals surface area contributed by atoms with Crippen LogP contribution in [0.2, 0.25) is 0 Å². The summed E-state index contributed by atoms with van der Waals surface area (Å²) in [6.07, 6.45) is 1.56. The molecule has 1 rings (SSSR count). The van der Waals surface area contributed by atoms with Gasteiger partial charge in [-0.1, -0.05) is 6.07 Å². The maximum atomic E-state index is 10.2. The fraction of sp³-hybridized carbons (Fsp3) is 0.143. The van der Waals surface area contributed by atoms with E-state index in [4.69, 9.17) is 0 Å². The summed E-state index contributed by atoms with van der Waals surface area (Å²) in [5.41, 5.74) is 0.174. The highest BCUT2D eigenvalue weighted by atomic mass is 32.1. The Balaban J connectivity index is 2.82. The minimum Gasteiger partial charge on any atom is -0.259 e. The van der Waals surface area contributed by atoms with Crippen LogP contribution in [0.5, 0.6) is 0 Å². The summed E-state index contributed by atoms with van der Waals surface area (Å²) in [4.78, 5) is 10.7. The quantitative estimate of drug-likeness (QED) is 0.504. The van der Waals surface area contributed by atoms with E-state index < -0.39 is 0 Å². The van der Waals surface area contributed by atoms with Crippen molar-refractivity contribution < 1.29 is 4.92 Å². The van der Waals surface area contributed by atoms with E-state index in [1.54, 1.807) is 6.08 Å². The molecule has 0 fully saturated rings. The molecule has 11 heavy (non-hydrogen) atoms. The second-order valence-corrected chi connectivity index (χ2v) is 3.04. The van der Waals surface area contributed by atoms with Gasteiger partial charge in [0.05, 0.1) is 4.92 Å². The van der Waals surface area contributed by atoms with Crippen molar-refractivity contribution in [3.63, 3.8) is 0 Å². The number of thiophene rings is 1. The molecule has 0 radical (unpaired) electrons. The van der Waals surface area contributed by atoms with Gasteiger partial charge in [-0.15, -0.1) is 11.3 Å².